The molecule has 2 aliphatic rings. The second kappa shape index (κ2) is 5.43. The summed E-state index contributed by atoms with van der Waals surface area (Å²) in [5.74, 6) is 2.28. The molecule has 0 radical (unpaired) electrons. The van der Waals surface area contributed by atoms with E-state index in [1.54, 1.807) is 0 Å². The van der Waals surface area contributed by atoms with Crippen LogP contribution in [-0.2, 0) is 9.53 Å². The van der Waals surface area contributed by atoms with Crippen LogP contribution in [-0.4, -0.2) is 36.6 Å². The average Bonchev–Trinajstić information content (AvgIpc) is 2.76. The highest BCUT2D eigenvalue weighted by molar-refractivity contribution is 5.71. The van der Waals surface area contributed by atoms with Crippen LogP contribution in [0.5, 0.6) is 0 Å². The Hall–Kier alpha value is -0.570. The summed E-state index contributed by atoms with van der Waals surface area (Å²) in [5, 5.41) is 0. The van der Waals surface area contributed by atoms with Crippen LogP contribution < -0.4 is 0 Å². The van der Waals surface area contributed by atoms with Gasteiger partial charge < -0.3 is 4.74 Å². The van der Waals surface area contributed by atoms with Crippen LogP contribution in [0.1, 0.15) is 47.5 Å². The number of carbonyl (C=O) groups excluding carboxylic acids is 1. The Balaban J connectivity index is 1.73. The van der Waals surface area contributed by atoms with E-state index in [0.717, 1.165) is 24.9 Å². The molecule has 0 heterocycles. The number of hydrogen-bond acceptors (Lipinski definition) is 3. The summed E-state index contributed by atoms with van der Waals surface area (Å²) in [4.78, 5) is 14.0. The Morgan fingerprint density at radius 3 is 2.26 bits per heavy atom. The largest absolute Gasteiger partial charge is 0.461 e. The topological polar surface area (TPSA) is 29.5 Å². The van der Waals surface area contributed by atoms with Crippen LogP contribution in [0.25, 0.3) is 0 Å². The van der Waals surface area contributed by atoms with Crippen molar-refractivity contribution in [3.05, 3.63) is 0 Å². The summed E-state index contributed by atoms with van der Waals surface area (Å²) in [7, 11) is 0. The number of ether oxygens (including phenoxy) is 1. The van der Waals surface area contributed by atoms with Gasteiger partial charge in [-0.15, -0.1) is 0 Å². The first-order chi connectivity index (χ1) is 8.90. The van der Waals surface area contributed by atoms with Crippen molar-refractivity contribution in [2.24, 2.45) is 23.2 Å². The molecule has 0 amide bonds. The van der Waals surface area contributed by atoms with Crippen LogP contribution in [0.2, 0.25) is 0 Å². The van der Waals surface area contributed by atoms with Gasteiger partial charge in [-0.1, -0.05) is 27.7 Å². The SMILES string of the molecule is CCN(CC)CC(=O)O[C@@H](C)C1CC2[C@@H](C1)C2(C)C. The van der Waals surface area contributed by atoms with Crippen LogP contribution in [0.3, 0.4) is 0 Å². The first-order valence-electron chi connectivity index (χ1n) is 7.81. The minimum Gasteiger partial charge on any atom is -0.461 e. The second-order valence-corrected chi connectivity index (χ2v) is 6.92. The van der Waals surface area contributed by atoms with Crippen molar-refractivity contribution < 1.29 is 9.53 Å². The standard InChI is InChI=1S/C16H29NO2/c1-6-17(7-2)10-15(18)19-11(3)12-8-13-14(9-12)16(13,4)5/h11-14H,6-10H2,1-5H3/t11-,12?,13+,14?/m0/s1. The molecule has 2 rings (SSSR count). The fraction of sp³-hybridized carbons (Fsp3) is 0.938. The fourth-order valence-corrected chi connectivity index (χ4v) is 3.90. The molecule has 0 saturated heterocycles. The molecule has 2 unspecified atom stereocenters. The predicted octanol–water partition coefficient (Wildman–Crippen LogP) is 2.94. The molecule has 0 aromatic carbocycles. The minimum atomic E-state index is -0.0592. The zero-order valence-electron chi connectivity index (χ0n) is 13.1. The molecule has 2 saturated carbocycles. The van der Waals surface area contributed by atoms with Crippen LogP contribution in [0.4, 0.5) is 0 Å². The minimum absolute atomic E-state index is 0.0592. The van der Waals surface area contributed by atoms with Gasteiger partial charge in [0.2, 0.25) is 0 Å². The van der Waals surface area contributed by atoms with Gasteiger partial charge in [0.05, 0.1) is 6.54 Å². The quantitative estimate of drug-likeness (QED) is 0.693. The number of esters is 1. The number of fused-ring (bicyclic) bond motifs is 1. The van der Waals surface area contributed by atoms with Crippen LogP contribution in [0, 0.1) is 23.2 Å². The molecule has 0 spiro atoms. The number of hydrogen-bond donors (Lipinski definition) is 0. The van der Waals surface area contributed by atoms with Crippen molar-refractivity contribution >= 4 is 5.97 Å². The lowest BCUT2D eigenvalue weighted by Gasteiger charge is -2.25. The van der Waals surface area contributed by atoms with Gasteiger partial charge in [0.1, 0.15) is 6.10 Å². The average molecular weight is 267 g/mol. The molecule has 2 fully saturated rings. The highest BCUT2D eigenvalue weighted by atomic mass is 16.5. The summed E-state index contributed by atoms with van der Waals surface area (Å²) >= 11 is 0. The summed E-state index contributed by atoms with van der Waals surface area (Å²) in [6, 6.07) is 0. The molecular weight excluding hydrogens is 238 g/mol. The van der Waals surface area contributed by atoms with Gasteiger partial charge in [0.25, 0.3) is 0 Å². The van der Waals surface area contributed by atoms with Gasteiger partial charge in [-0.2, -0.15) is 0 Å². The molecule has 0 bridgehead atoms. The van der Waals surface area contributed by atoms with E-state index < -0.39 is 0 Å². The van der Waals surface area contributed by atoms with Crippen molar-refractivity contribution in [3.8, 4) is 0 Å². The maximum atomic E-state index is 11.9. The zero-order valence-corrected chi connectivity index (χ0v) is 13.1. The van der Waals surface area contributed by atoms with Gasteiger partial charge >= 0.3 is 5.97 Å². The first-order valence-corrected chi connectivity index (χ1v) is 7.81. The Labute approximate surface area is 117 Å². The normalized spacial score (nSPS) is 33.1. The molecule has 4 atom stereocenters. The highest BCUT2D eigenvalue weighted by Gasteiger charge is 2.62. The monoisotopic (exact) mass is 267 g/mol. The van der Waals surface area contributed by atoms with Gasteiger partial charge in [-0.3, -0.25) is 9.69 Å². The number of carbonyl (C=O) groups is 1. The molecule has 2 aliphatic carbocycles. The maximum Gasteiger partial charge on any atom is 0.320 e. The zero-order chi connectivity index (χ0) is 14.2. The summed E-state index contributed by atoms with van der Waals surface area (Å²) in [6.45, 7) is 13.2. The lowest BCUT2D eigenvalue weighted by atomic mass is 9.90. The predicted molar refractivity (Wildman–Crippen MR) is 76.8 cm³/mol. The summed E-state index contributed by atoms with van der Waals surface area (Å²) in [6.07, 6.45) is 2.58. The lowest BCUT2D eigenvalue weighted by Crippen LogP contribution is -2.34. The van der Waals surface area contributed by atoms with Gasteiger partial charge in [-0.25, -0.2) is 0 Å². The third-order valence-electron chi connectivity index (χ3n) is 5.63. The number of rotatable bonds is 6. The van der Waals surface area contributed by atoms with Gasteiger partial charge in [-0.05, 0) is 56.0 Å². The fourth-order valence-electron chi connectivity index (χ4n) is 3.90. The third-order valence-corrected chi connectivity index (χ3v) is 5.63. The molecule has 3 heteroatoms. The Kier molecular flexibility index (Phi) is 4.24. The smallest absolute Gasteiger partial charge is 0.320 e. The van der Waals surface area contributed by atoms with E-state index in [-0.39, 0.29) is 12.1 Å². The number of likely N-dealkylation sites (N-methyl/N-ethyl adjacent to an activating group) is 1. The van der Waals surface area contributed by atoms with E-state index >= 15 is 0 Å². The van der Waals surface area contributed by atoms with Crippen molar-refractivity contribution in [1.82, 2.24) is 4.90 Å². The van der Waals surface area contributed by atoms with E-state index in [9.17, 15) is 4.79 Å². The van der Waals surface area contributed by atoms with Crippen molar-refractivity contribution in [2.45, 2.75) is 53.6 Å². The van der Waals surface area contributed by atoms with Crippen molar-refractivity contribution in [2.75, 3.05) is 19.6 Å². The molecule has 110 valence electrons. The van der Waals surface area contributed by atoms with E-state index in [1.807, 2.05) is 0 Å². The van der Waals surface area contributed by atoms with E-state index in [4.69, 9.17) is 4.74 Å². The Bertz CT molecular complexity index is 322. The van der Waals surface area contributed by atoms with E-state index in [1.165, 1.54) is 12.8 Å². The lowest BCUT2D eigenvalue weighted by molar-refractivity contribution is -0.152. The molecule has 0 aromatic rings. The molecule has 0 aromatic heterocycles. The summed E-state index contributed by atoms with van der Waals surface area (Å²) < 4.78 is 5.62. The molecule has 19 heavy (non-hydrogen) atoms. The van der Waals surface area contributed by atoms with Crippen molar-refractivity contribution in [3.63, 3.8) is 0 Å². The maximum absolute atomic E-state index is 11.9. The van der Waals surface area contributed by atoms with Gasteiger partial charge in [0, 0.05) is 0 Å². The van der Waals surface area contributed by atoms with Gasteiger partial charge in [0.15, 0.2) is 0 Å². The number of nitrogens with zero attached hydrogens (tertiary/aromatic N) is 1. The highest BCUT2D eigenvalue weighted by Crippen LogP contribution is 2.68. The molecule has 0 aliphatic heterocycles. The first kappa shape index (κ1) is 14.8. The second-order valence-electron chi connectivity index (χ2n) is 6.92. The van der Waals surface area contributed by atoms with Crippen LogP contribution >= 0.6 is 0 Å². The third kappa shape index (κ3) is 2.96. The molecule has 3 nitrogen and oxygen atoms in total. The molecule has 0 N–H and O–H groups in total. The molecular formula is C16H29NO2. The van der Waals surface area contributed by atoms with Crippen molar-refractivity contribution in [1.29, 1.82) is 0 Å². The Morgan fingerprint density at radius 2 is 1.79 bits per heavy atom. The van der Waals surface area contributed by atoms with E-state index in [2.05, 4.69) is 39.5 Å². The van der Waals surface area contributed by atoms with Crippen LogP contribution in [0.15, 0.2) is 0 Å². The van der Waals surface area contributed by atoms with E-state index in [0.29, 0.717) is 17.9 Å². The Morgan fingerprint density at radius 1 is 1.26 bits per heavy atom. The summed E-state index contributed by atoms with van der Waals surface area (Å²) in [5.41, 5.74) is 0.557.